The van der Waals surface area contributed by atoms with Gasteiger partial charge in [-0.15, -0.1) is 0 Å². The molecule has 2 rings (SSSR count). The van der Waals surface area contributed by atoms with E-state index in [0.29, 0.717) is 18.1 Å². The summed E-state index contributed by atoms with van der Waals surface area (Å²) in [5.74, 6) is -0.813. The van der Waals surface area contributed by atoms with Crippen LogP contribution < -0.4 is 0 Å². The van der Waals surface area contributed by atoms with Gasteiger partial charge in [-0.25, -0.2) is 9.59 Å². The monoisotopic (exact) mass is 285 g/mol. The molecule has 0 saturated carbocycles. The molecule has 1 aromatic rings. The van der Waals surface area contributed by atoms with Gasteiger partial charge in [-0.3, -0.25) is 4.89 Å². The SMILES string of the molecule is C=C1CN(C(=O)O)C1.O=C(OO)c1cccc(Cl)c1. The summed E-state index contributed by atoms with van der Waals surface area (Å²) in [4.78, 5) is 25.4. The number of carbonyl (C=O) groups is 2. The Kier molecular flexibility index (Phi) is 5.35. The second kappa shape index (κ2) is 6.77. The molecule has 0 spiro atoms. The molecule has 0 bridgehead atoms. The molecule has 0 aliphatic carbocycles. The van der Waals surface area contributed by atoms with Gasteiger partial charge >= 0.3 is 12.1 Å². The number of rotatable bonds is 1. The summed E-state index contributed by atoms with van der Waals surface area (Å²) in [5, 5.41) is 16.6. The standard InChI is InChI=1S/C7H5ClO3.C5H7NO2/c8-6-3-1-2-5(4-6)7(9)11-10;1-4-2-6(3-4)5(7)8/h1-4,10H;1-3H2,(H,7,8). The zero-order valence-electron chi connectivity index (χ0n) is 9.88. The van der Waals surface area contributed by atoms with Crippen molar-refractivity contribution in [3.8, 4) is 0 Å². The smallest absolute Gasteiger partial charge is 0.407 e. The molecule has 0 radical (unpaired) electrons. The summed E-state index contributed by atoms with van der Waals surface area (Å²) in [6, 6.07) is 6.11. The molecular weight excluding hydrogens is 274 g/mol. The van der Waals surface area contributed by atoms with Crippen LogP contribution in [0.1, 0.15) is 10.4 Å². The van der Waals surface area contributed by atoms with Crippen molar-refractivity contribution in [1.82, 2.24) is 4.90 Å². The van der Waals surface area contributed by atoms with Gasteiger partial charge < -0.3 is 10.0 Å². The number of likely N-dealkylation sites (tertiary alicyclic amines) is 1. The minimum atomic E-state index is -0.850. The van der Waals surface area contributed by atoms with E-state index >= 15 is 0 Å². The Morgan fingerprint density at radius 3 is 2.37 bits per heavy atom. The molecule has 1 heterocycles. The minimum absolute atomic E-state index is 0.222. The van der Waals surface area contributed by atoms with E-state index < -0.39 is 12.1 Å². The van der Waals surface area contributed by atoms with E-state index in [-0.39, 0.29) is 5.56 Å². The fourth-order valence-electron chi connectivity index (χ4n) is 1.30. The molecule has 7 heteroatoms. The summed E-state index contributed by atoms with van der Waals surface area (Å²) in [6.07, 6.45) is -0.850. The molecule has 0 atom stereocenters. The fourth-order valence-corrected chi connectivity index (χ4v) is 1.49. The number of hydrogen-bond acceptors (Lipinski definition) is 4. The van der Waals surface area contributed by atoms with Crippen LogP contribution in [0.5, 0.6) is 0 Å². The highest BCUT2D eigenvalue weighted by Crippen LogP contribution is 2.11. The van der Waals surface area contributed by atoms with Crippen molar-refractivity contribution in [2.24, 2.45) is 0 Å². The van der Waals surface area contributed by atoms with Crippen molar-refractivity contribution in [3.63, 3.8) is 0 Å². The average molecular weight is 286 g/mol. The Morgan fingerprint density at radius 1 is 1.37 bits per heavy atom. The number of halogens is 1. The molecule has 1 amide bonds. The van der Waals surface area contributed by atoms with Gasteiger partial charge in [0.25, 0.3) is 0 Å². The van der Waals surface area contributed by atoms with E-state index in [1.807, 2.05) is 0 Å². The van der Waals surface area contributed by atoms with Gasteiger partial charge in [0.2, 0.25) is 0 Å². The van der Waals surface area contributed by atoms with Crippen molar-refractivity contribution >= 4 is 23.7 Å². The lowest BCUT2D eigenvalue weighted by Gasteiger charge is -2.29. The van der Waals surface area contributed by atoms with Crippen LogP contribution in [0.2, 0.25) is 5.02 Å². The molecule has 102 valence electrons. The van der Waals surface area contributed by atoms with E-state index in [9.17, 15) is 9.59 Å². The first-order valence-electron chi connectivity index (χ1n) is 5.20. The molecule has 0 aromatic heterocycles. The fraction of sp³-hybridized carbons (Fsp3) is 0.167. The molecular formula is C12H12ClNO5. The lowest BCUT2D eigenvalue weighted by Crippen LogP contribution is -2.42. The molecule has 1 aromatic carbocycles. The van der Waals surface area contributed by atoms with Crippen LogP contribution in [0.4, 0.5) is 4.79 Å². The van der Waals surface area contributed by atoms with Crippen LogP contribution in [0.25, 0.3) is 0 Å². The van der Waals surface area contributed by atoms with Crippen LogP contribution in [-0.4, -0.2) is 40.4 Å². The zero-order valence-corrected chi connectivity index (χ0v) is 10.6. The highest BCUT2D eigenvalue weighted by atomic mass is 35.5. The minimum Gasteiger partial charge on any atom is -0.465 e. The Bertz CT molecular complexity index is 495. The number of amides is 1. The normalized spacial score (nSPS) is 12.9. The summed E-state index contributed by atoms with van der Waals surface area (Å²) in [5.41, 5.74) is 1.22. The van der Waals surface area contributed by atoms with Crippen LogP contribution in [0.3, 0.4) is 0 Å². The van der Waals surface area contributed by atoms with Crippen molar-refractivity contribution in [1.29, 1.82) is 0 Å². The second-order valence-electron chi connectivity index (χ2n) is 3.78. The van der Waals surface area contributed by atoms with E-state index in [1.165, 1.54) is 17.0 Å². The number of nitrogens with zero attached hydrogens (tertiary/aromatic N) is 1. The maximum Gasteiger partial charge on any atom is 0.407 e. The summed E-state index contributed by atoms with van der Waals surface area (Å²) in [7, 11) is 0. The predicted octanol–water partition coefficient (Wildman–Crippen LogP) is 2.51. The highest BCUT2D eigenvalue weighted by molar-refractivity contribution is 6.30. The van der Waals surface area contributed by atoms with E-state index in [4.69, 9.17) is 22.0 Å². The van der Waals surface area contributed by atoms with E-state index in [2.05, 4.69) is 11.5 Å². The van der Waals surface area contributed by atoms with Gasteiger partial charge in [0.05, 0.1) is 5.56 Å². The largest absolute Gasteiger partial charge is 0.465 e. The summed E-state index contributed by atoms with van der Waals surface area (Å²) >= 11 is 5.56. The second-order valence-corrected chi connectivity index (χ2v) is 4.21. The van der Waals surface area contributed by atoms with Crippen molar-refractivity contribution in [3.05, 3.63) is 47.0 Å². The van der Waals surface area contributed by atoms with Gasteiger partial charge in [0.1, 0.15) is 0 Å². The number of carbonyl (C=O) groups excluding carboxylic acids is 1. The molecule has 1 saturated heterocycles. The highest BCUT2D eigenvalue weighted by Gasteiger charge is 2.21. The van der Waals surface area contributed by atoms with Crippen LogP contribution in [0, 0.1) is 0 Å². The number of benzene rings is 1. The van der Waals surface area contributed by atoms with Crippen molar-refractivity contribution < 1.29 is 24.8 Å². The topological polar surface area (TPSA) is 87.1 Å². The molecule has 1 aliphatic heterocycles. The first-order chi connectivity index (χ1) is 8.93. The van der Waals surface area contributed by atoms with E-state index in [1.54, 1.807) is 12.1 Å². The lowest BCUT2D eigenvalue weighted by atomic mass is 10.1. The van der Waals surface area contributed by atoms with Crippen LogP contribution in [-0.2, 0) is 4.89 Å². The van der Waals surface area contributed by atoms with Gasteiger partial charge in [0, 0.05) is 18.1 Å². The molecule has 19 heavy (non-hydrogen) atoms. The Balaban J connectivity index is 0.000000200. The predicted molar refractivity (Wildman–Crippen MR) is 68.2 cm³/mol. The number of carboxylic acid groups (broad SMARTS) is 1. The lowest BCUT2D eigenvalue weighted by molar-refractivity contribution is -0.182. The Labute approximate surface area is 114 Å². The maximum atomic E-state index is 10.6. The zero-order chi connectivity index (χ0) is 14.4. The van der Waals surface area contributed by atoms with Crippen LogP contribution in [0.15, 0.2) is 36.4 Å². The number of hydrogen-bond donors (Lipinski definition) is 2. The summed E-state index contributed by atoms with van der Waals surface area (Å²) in [6.45, 7) is 4.63. The average Bonchev–Trinajstić information content (AvgIpc) is 2.34. The van der Waals surface area contributed by atoms with Gasteiger partial charge in [0.15, 0.2) is 0 Å². The molecule has 2 N–H and O–H groups in total. The van der Waals surface area contributed by atoms with Gasteiger partial charge in [-0.05, 0) is 23.8 Å². The quantitative estimate of drug-likeness (QED) is 0.470. The van der Waals surface area contributed by atoms with Gasteiger partial charge in [-0.1, -0.05) is 24.2 Å². The van der Waals surface area contributed by atoms with Crippen molar-refractivity contribution in [2.45, 2.75) is 0 Å². The first-order valence-corrected chi connectivity index (χ1v) is 5.57. The van der Waals surface area contributed by atoms with Crippen LogP contribution >= 0.6 is 11.6 Å². The Hall–Kier alpha value is -2.05. The van der Waals surface area contributed by atoms with Gasteiger partial charge in [-0.2, -0.15) is 5.26 Å². The first kappa shape index (κ1) is 15.0. The van der Waals surface area contributed by atoms with Crippen molar-refractivity contribution in [2.75, 3.05) is 13.1 Å². The molecule has 1 fully saturated rings. The maximum absolute atomic E-state index is 10.6. The third kappa shape index (κ3) is 4.61. The third-order valence-electron chi connectivity index (χ3n) is 2.24. The Morgan fingerprint density at radius 2 is 2.00 bits per heavy atom. The molecule has 0 unspecified atom stereocenters. The molecule has 6 nitrogen and oxygen atoms in total. The third-order valence-corrected chi connectivity index (χ3v) is 2.48. The molecule has 1 aliphatic rings. The summed E-state index contributed by atoms with van der Waals surface area (Å²) < 4.78 is 0. The van der Waals surface area contributed by atoms with E-state index in [0.717, 1.165) is 5.57 Å².